The molecule has 0 fully saturated rings. The normalized spacial score (nSPS) is 12.5. The van der Waals surface area contributed by atoms with Crippen LogP contribution in [0.1, 0.15) is 22.9 Å². The summed E-state index contributed by atoms with van der Waals surface area (Å²) in [4.78, 5) is 9.79. The molecular weight excluding hydrogens is 322 g/mol. The summed E-state index contributed by atoms with van der Waals surface area (Å²) in [6.07, 6.45) is 3.50. The Morgan fingerprint density at radius 1 is 1.41 bits per heavy atom. The minimum atomic E-state index is 0.124. The van der Waals surface area contributed by atoms with Crippen LogP contribution < -0.4 is 5.32 Å². The van der Waals surface area contributed by atoms with Gasteiger partial charge in [0, 0.05) is 17.3 Å². The first kappa shape index (κ1) is 12.8. The molecule has 1 atom stereocenters. The van der Waals surface area contributed by atoms with Crippen LogP contribution in [-0.4, -0.2) is 9.97 Å². The summed E-state index contributed by atoms with van der Waals surface area (Å²) in [7, 11) is 0. The number of nitrogens with one attached hydrogen (secondary N) is 1. The lowest BCUT2D eigenvalue weighted by Gasteiger charge is -2.13. The van der Waals surface area contributed by atoms with Crippen LogP contribution in [0.15, 0.2) is 22.9 Å². The van der Waals surface area contributed by atoms with Crippen molar-refractivity contribution in [1.29, 1.82) is 0 Å². The molecule has 17 heavy (non-hydrogen) atoms. The van der Waals surface area contributed by atoms with E-state index < -0.39 is 0 Å². The molecule has 0 bridgehead atoms. The minimum Gasteiger partial charge on any atom is -0.360 e. The number of aromatic nitrogens is 2. The molecule has 6 heteroatoms. The Morgan fingerprint density at radius 3 is 2.76 bits per heavy atom. The van der Waals surface area contributed by atoms with Gasteiger partial charge in [0.05, 0.1) is 15.5 Å². The zero-order valence-electron chi connectivity index (χ0n) is 9.37. The Labute approximate surface area is 117 Å². The molecule has 1 N–H and O–H groups in total. The second-order valence-corrected chi connectivity index (χ2v) is 6.22. The van der Waals surface area contributed by atoms with Gasteiger partial charge in [-0.3, -0.25) is 0 Å². The summed E-state index contributed by atoms with van der Waals surface area (Å²) in [5.74, 6) is 0.773. The average molecular weight is 333 g/mol. The first-order chi connectivity index (χ1) is 8.06. The lowest BCUT2D eigenvalue weighted by molar-refractivity contribution is 0.859. The smallest absolute Gasteiger partial charge is 0.140 e. The predicted molar refractivity (Wildman–Crippen MR) is 75.8 cm³/mol. The van der Waals surface area contributed by atoms with Crippen LogP contribution in [0.4, 0.5) is 5.82 Å². The van der Waals surface area contributed by atoms with Gasteiger partial charge in [0.1, 0.15) is 10.8 Å². The van der Waals surface area contributed by atoms with Crippen molar-refractivity contribution in [3.8, 4) is 0 Å². The molecule has 0 amide bonds. The molecular formula is C11H11BrClN3S. The van der Waals surface area contributed by atoms with E-state index in [1.54, 1.807) is 17.5 Å². The van der Waals surface area contributed by atoms with Gasteiger partial charge in [0.2, 0.25) is 0 Å². The molecule has 0 radical (unpaired) electrons. The Balaban J connectivity index is 2.15. The highest BCUT2D eigenvalue weighted by atomic mass is 79.9. The number of aryl methyl sites for hydroxylation is 1. The molecule has 3 nitrogen and oxygen atoms in total. The predicted octanol–water partition coefficient (Wildman–Crippen LogP) is 4.44. The fourth-order valence-corrected chi connectivity index (χ4v) is 2.89. The van der Waals surface area contributed by atoms with E-state index in [9.17, 15) is 0 Å². The number of halogens is 2. The summed E-state index contributed by atoms with van der Waals surface area (Å²) < 4.78 is 0.852. The summed E-state index contributed by atoms with van der Waals surface area (Å²) in [6, 6.07) is 1.94. The summed E-state index contributed by atoms with van der Waals surface area (Å²) in [6.45, 7) is 4.10. The average Bonchev–Trinajstić information content (AvgIpc) is 2.69. The zero-order chi connectivity index (χ0) is 12.4. The van der Waals surface area contributed by atoms with E-state index in [0.717, 1.165) is 15.3 Å². The van der Waals surface area contributed by atoms with Crippen LogP contribution in [0.25, 0.3) is 0 Å². The van der Waals surface area contributed by atoms with Crippen LogP contribution in [-0.2, 0) is 0 Å². The maximum absolute atomic E-state index is 5.84. The number of anilines is 1. The van der Waals surface area contributed by atoms with Crippen LogP contribution in [0.3, 0.4) is 0 Å². The van der Waals surface area contributed by atoms with E-state index in [1.807, 2.05) is 19.2 Å². The summed E-state index contributed by atoms with van der Waals surface area (Å²) in [5, 5.41) is 4.96. The first-order valence-electron chi connectivity index (χ1n) is 5.06. The van der Waals surface area contributed by atoms with Crippen molar-refractivity contribution < 1.29 is 0 Å². The van der Waals surface area contributed by atoms with Crippen molar-refractivity contribution in [1.82, 2.24) is 9.97 Å². The molecule has 2 rings (SSSR count). The van der Waals surface area contributed by atoms with E-state index in [1.165, 1.54) is 4.88 Å². The Kier molecular flexibility index (Phi) is 4.01. The van der Waals surface area contributed by atoms with E-state index in [2.05, 4.69) is 38.1 Å². The van der Waals surface area contributed by atoms with Crippen LogP contribution in [0.5, 0.6) is 0 Å². The molecule has 0 aliphatic carbocycles. The van der Waals surface area contributed by atoms with Gasteiger partial charge in [-0.2, -0.15) is 0 Å². The van der Waals surface area contributed by atoms with Crippen LogP contribution >= 0.6 is 38.9 Å². The number of rotatable bonds is 3. The molecule has 2 aromatic rings. The third kappa shape index (κ3) is 3.18. The second kappa shape index (κ2) is 5.33. The molecule has 1 unspecified atom stereocenters. The molecule has 2 aromatic heterocycles. The highest BCUT2D eigenvalue weighted by Crippen LogP contribution is 2.28. The topological polar surface area (TPSA) is 37.8 Å². The van der Waals surface area contributed by atoms with Crippen molar-refractivity contribution >= 4 is 44.7 Å². The van der Waals surface area contributed by atoms with Crippen molar-refractivity contribution in [2.24, 2.45) is 0 Å². The largest absolute Gasteiger partial charge is 0.360 e. The fraction of sp³-hybridized carbons (Fsp3) is 0.273. The van der Waals surface area contributed by atoms with Gasteiger partial charge in [-0.15, -0.1) is 11.3 Å². The Hall–Kier alpha value is -0.650. The van der Waals surface area contributed by atoms with E-state index >= 15 is 0 Å². The van der Waals surface area contributed by atoms with Gasteiger partial charge in [0.15, 0.2) is 0 Å². The van der Waals surface area contributed by atoms with Gasteiger partial charge in [0.25, 0.3) is 0 Å². The van der Waals surface area contributed by atoms with Crippen LogP contribution in [0.2, 0.25) is 5.02 Å². The highest BCUT2D eigenvalue weighted by molar-refractivity contribution is 9.10. The van der Waals surface area contributed by atoms with Gasteiger partial charge in [-0.25, -0.2) is 9.97 Å². The van der Waals surface area contributed by atoms with Gasteiger partial charge in [-0.1, -0.05) is 11.6 Å². The minimum absolute atomic E-state index is 0.124. The van der Waals surface area contributed by atoms with E-state index in [4.69, 9.17) is 11.6 Å². The zero-order valence-corrected chi connectivity index (χ0v) is 12.5. The summed E-state index contributed by atoms with van der Waals surface area (Å²) in [5.41, 5.74) is 0. The fourth-order valence-electron chi connectivity index (χ4n) is 1.36. The Bertz CT molecular complexity index is 529. The maximum atomic E-state index is 5.84. The molecule has 0 aliphatic rings. The van der Waals surface area contributed by atoms with Crippen molar-refractivity contribution in [2.75, 3.05) is 5.32 Å². The van der Waals surface area contributed by atoms with Crippen LogP contribution in [0, 0.1) is 6.92 Å². The molecule has 0 saturated carbocycles. The van der Waals surface area contributed by atoms with Crippen molar-refractivity contribution in [2.45, 2.75) is 19.9 Å². The summed E-state index contributed by atoms with van der Waals surface area (Å²) >= 11 is 11.0. The molecule has 0 aromatic carbocycles. The standard InChI is InChI=1S/C11H11BrClN3S/c1-6-4-15-11(17-6)7(2)16-10-9(12)3-8(13)5-14-10/h3-5,7H,1-2H3,(H,14,16). The van der Waals surface area contributed by atoms with Gasteiger partial charge < -0.3 is 5.32 Å². The van der Waals surface area contributed by atoms with Crippen molar-refractivity contribution in [3.05, 3.63) is 37.8 Å². The lowest BCUT2D eigenvalue weighted by Crippen LogP contribution is -2.07. The molecule has 0 spiro atoms. The second-order valence-electron chi connectivity index (χ2n) is 3.66. The molecule has 2 heterocycles. The van der Waals surface area contributed by atoms with E-state index in [-0.39, 0.29) is 6.04 Å². The molecule has 90 valence electrons. The van der Waals surface area contributed by atoms with E-state index in [0.29, 0.717) is 5.02 Å². The SMILES string of the molecule is Cc1cnc(C(C)Nc2ncc(Cl)cc2Br)s1. The first-order valence-corrected chi connectivity index (χ1v) is 7.05. The lowest BCUT2D eigenvalue weighted by atomic mass is 10.3. The van der Waals surface area contributed by atoms with Crippen molar-refractivity contribution in [3.63, 3.8) is 0 Å². The quantitative estimate of drug-likeness (QED) is 0.903. The third-order valence-electron chi connectivity index (χ3n) is 2.17. The highest BCUT2D eigenvalue weighted by Gasteiger charge is 2.11. The third-order valence-corrected chi connectivity index (χ3v) is 4.08. The molecule has 0 aliphatic heterocycles. The number of pyridine rings is 1. The Morgan fingerprint density at radius 2 is 2.18 bits per heavy atom. The van der Waals surface area contributed by atoms with Gasteiger partial charge in [-0.05, 0) is 35.8 Å². The monoisotopic (exact) mass is 331 g/mol. The number of hydrogen-bond donors (Lipinski definition) is 1. The number of thiazole rings is 1. The van der Waals surface area contributed by atoms with Gasteiger partial charge >= 0.3 is 0 Å². The number of hydrogen-bond acceptors (Lipinski definition) is 4. The maximum Gasteiger partial charge on any atom is 0.140 e. The number of nitrogens with zero attached hydrogens (tertiary/aromatic N) is 2. The molecule has 0 saturated heterocycles.